The molecular weight excluding hydrogens is 396 g/mol. The predicted molar refractivity (Wildman–Crippen MR) is 120 cm³/mol. The molecule has 3 aromatic carbocycles. The normalized spacial score (nSPS) is 12.2. The number of H-pyrrole nitrogens is 1. The van der Waals surface area contributed by atoms with Gasteiger partial charge in [0.25, 0.3) is 0 Å². The number of amidine groups is 1. The van der Waals surface area contributed by atoms with Gasteiger partial charge in [0.15, 0.2) is 5.84 Å². The number of aryl methyl sites for hydroxylation is 1. The zero-order valence-corrected chi connectivity index (χ0v) is 17.4. The van der Waals surface area contributed by atoms with E-state index in [-0.39, 0.29) is 5.69 Å². The SMILES string of the molecule is COc1ccc(-n2c(=O)[nH]sc2=NC(=Nc2ccc(C)cc2)c2ccccc2)cc1. The van der Waals surface area contributed by atoms with Crippen molar-refractivity contribution in [3.8, 4) is 11.4 Å². The first-order chi connectivity index (χ1) is 14.6. The van der Waals surface area contributed by atoms with Gasteiger partial charge in [0, 0.05) is 5.56 Å². The van der Waals surface area contributed by atoms with Crippen LogP contribution in [0.25, 0.3) is 5.69 Å². The van der Waals surface area contributed by atoms with Crippen molar-refractivity contribution in [2.24, 2.45) is 9.98 Å². The third kappa shape index (κ3) is 4.31. The molecule has 30 heavy (non-hydrogen) atoms. The molecule has 0 spiro atoms. The van der Waals surface area contributed by atoms with Gasteiger partial charge in [-0.05, 0) is 54.9 Å². The van der Waals surface area contributed by atoms with Crippen LogP contribution in [-0.4, -0.2) is 21.9 Å². The molecule has 0 bridgehead atoms. The first-order valence-electron chi connectivity index (χ1n) is 9.34. The maximum Gasteiger partial charge on any atom is 0.341 e. The van der Waals surface area contributed by atoms with E-state index in [9.17, 15) is 4.79 Å². The number of nitrogens with one attached hydrogen (secondary N) is 1. The van der Waals surface area contributed by atoms with E-state index in [2.05, 4.69) is 4.37 Å². The van der Waals surface area contributed by atoms with Gasteiger partial charge in [0.1, 0.15) is 5.75 Å². The number of methoxy groups -OCH3 is 1. The second-order valence-corrected chi connectivity index (χ2v) is 7.35. The number of ether oxygens (including phenoxy) is 1. The molecule has 0 amide bonds. The van der Waals surface area contributed by atoms with Crippen LogP contribution in [0.1, 0.15) is 11.1 Å². The van der Waals surface area contributed by atoms with E-state index in [1.807, 2.05) is 85.8 Å². The number of hydrogen-bond donors (Lipinski definition) is 1. The average Bonchev–Trinajstić information content (AvgIpc) is 3.15. The van der Waals surface area contributed by atoms with Crippen molar-refractivity contribution in [1.29, 1.82) is 0 Å². The third-order valence-corrected chi connectivity index (χ3v) is 5.19. The molecular formula is C23H20N4O2S. The zero-order valence-electron chi connectivity index (χ0n) is 16.6. The first-order valence-corrected chi connectivity index (χ1v) is 10.2. The molecule has 0 aliphatic heterocycles. The lowest BCUT2D eigenvalue weighted by molar-refractivity contribution is 0.414. The van der Waals surface area contributed by atoms with Gasteiger partial charge < -0.3 is 4.74 Å². The Kier molecular flexibility index (Phi) is 5.72. The fourth-order valence-corrected chi connectivity index (χ4v) is 3.55. The highest BCUT2D eigenvalue weighted by Crippen LogP contribution is 2.16. The smallest absolute Gasteiger partial charge is 0.341 e. The van der Waals surface area contributed by atoms with Crippen LogP contribution in [0, 0.1) is 6.92 Å². The van der Waals surface area contributed by atoms with Gasteiger partial charge in [0.2, 0.25) is 4.80 Å². The summed E-state index contributed by atoms with van der Waals surface area (Å²) in [6.45, 7) is 2.03. The summed E-state index contributed by atoms with van der Waals surface area (Å²) in [4.78, 5) is 22.5. The molecule has 1 heterocycles. The first kappa shape index (κ1) is 19.6. The molecule has 0 aliphatic carbocycles. The highest BCUT2D eigenvalue weighted by atomic mass is 32.1. The van der Waals surface area contributed by atoms with Crippen LogP contribution in [-0.2, 0) is 0 Å². The maximum absolute atomic E-state index is 12.5. The fourth-order valence-electron chi connectivity index (χ4n) is 2.87. The van der Waals surface area contributed by atoms with Crippen molar-refractivity contribution in [1.82, 2.24) is 8.94 Å². The second-order valence-electron chi connectivity index (χ2n) is 6.57. The summed E-state index contributed by atoms with van der Waals surface area (Å²) in [5.41, 5.74) is 3.25. The molecule has 7 heteroatoms. The molecule has 0 aliphatic rings. The van der Waals surface area contributed by atoms with Crippen molar-refractivity contribution in [2.45, 2.75) is 6.92 Å². The van der Waals surface area contributed by atoms with E-state index >= 15 is 0 Å². The van der Waals surface area contributed by atoms with Crippen LogP contribution in [0.2, 0.25) is 0 Å². The monoisotopic (exact) mass is 416 g/mol. The molecule has 0 saturated carbocycles. The Labute approximate surface area is 177 Å². The van der Waals surface area contributed by atoms with Gasteiger partial charge in [0.05, 0.1) is 18.5 Å². The van der Waals surface area contributed by atoms with Crippen LogP contribution in [0.5, 0.6) is 5.75 Å². The molecule has 1 aromatic heterocycles. The van der Waals surface area contributed by atoms with E-state index in [0.717, 1.165) is 34.1 Å². The van der Waals surface area contributed by atoms with Crippen LogP contribution in [0.4, 0.5) is 5.69 Å². The van der Waals surface area contributed by atoms with Gasteiger partial charge in [-0.1, -0.05) is 48.0 Å². The number of aromatic amines is 1. The number of aromatic nitrogens is 2. The lowest BCUT2D eigenvalue weighted by atomic mass is 10.2. The van der Waals surface area contributed by atoms with Gasteiger partial charge >= 0.3 is 5.69 Å². The van der Waals surface area contributed by atoms with Crippen molar-refractivity contribution in [3.05, 3.63) is 105 Å². The molecule has 150 valence electrons. The highest BCUT2D eigenvalue weighted by molar-refractivity contribution is 7.02. The van der Waals surface area contributed by atoms with E-state index in [0.29, 0.717) is 16.3 Å². The number of nitrogens with zero attached hydrogens (tertiary/aromatic N) is 3. The third-order valence-electron chi connectivity index (χ3n) is 4.46. The molecule has 0 saturated heterocycles. The minimum absolute atomic E-state index is 0.258. The van der Waals surface area contributed by atoms with Gasteiger partial charge in [-0.25, -0.2) is 14.4 Å². The second kappa shape index (κ2) is 8.75. The number of aliphatic imine (C=N–C) groups is 1. The van der Waals surface area contributed by atoms with Gasteiger partial charge in [-0.3, -0.25) is 4.37 Å². The Hall–Kier alpha value is -3.71. The number of rotatable bonds is 4. The van der Waals surface area contributed by atoms with E-state index in [4.69, 9.17) is 14.7 Å². The van der Waals surface area contributed by atoms with Crippen LogP contribution >= 0.6 is 11.5 Å². The zero-order chi connectivity index (χ0) is 20.9. The largest absolute Gasteiger partial charge is 0.497 e. The van der Waals surface area contributed by atoms with E-state index in [1.54, 1.807) is 7.11 Å². The van der Waals surface area contributed by atoms with Crippen molar-refractivity contribution < 1.29 is 4.74 Å². The predicted octanol–water partition coefficient (Wildman–Crippen LogP) is 4.22. The quantitative estimate of drug-likeness (QED) is 0.400. The molecule has 0 radical (unpaired) electrons. The minimum Gasteiger partial charge on any atom is -0.497 e. The molecule has 0 unspecified atom stereocenters. The van der Waals surface area contributed by atoms with Crippen LogP contribution < -0.4 is 15.2 Å². The summed E-state index contributed by atoms with van der Waals surface area (Å²) >= 11 is 1.16. The molecule has 6 nitrogen and oxygen atoms in total. The van der Waals surface area contributed by atoms with Crippen LogP contribution in [0.3, 0.4) is 0 Å². The molecule has 1 N–H and O–H groups in total. The highest BCUT2D eigenvalue weighted by Gasteiger charge is 2.09. The lowest BCUT2D eigenvalue weighted by Gasteiger charge is -2.05. The van der Waals surface area contributed by atoms with Crippen molar-refractivity contribution in [2.75, 3.05) is 7.11 Å². The Morgan fingerprint density at radius 1 is 0.967 bits per heavy atom. The topological polar surface area (TPSA) is 71.7 Å². The Morgan fingerprint density at radius 2 is 1.67 bits per heavy atom. The summed E-state index contributed by atoms with van der Waals surface area (Å²) in [6.07, 6.45) is 0. The standard InChI is InChI=1S/C23H20N4O2S/c1-16-8-10-18(11-9-16)24-21(17-6-4-3-5-7-17)25-23-27(22(28)26-30-23)19-12-14-20(29-2)15-13-19/h3-15H,1-2H3,(H,26,28). The van der Waals surface area contributed by atoms with Gasteiger partial charge in [-0.2, -0.15) is 4.99 Å². The van der Waals surface area contributed by atoms with Gasteiger partial charge in [-0.15, -0.1) is 0 Å². The molecule has 0 fully saturated rings. The van der Waals surface area contributed by atoms with E-state index < -0.39 is 0 Å². The number of benzene rings is 3. The summed E-state index contributed by atoms with van der Waals surface area (Å²) in [7, 11) is 1.61. The summed E-state index contributed by atoms with van der Waals surface area (Å²) in [6, 6.07) is 24.9. The molecule has 4 rings (SSSR count). The number of hydrogen-bond acceptors (Lipinski definition) is 4. The molecule has 4 aromatic rings. The maximum atomic E-state index is 12.5. The average molecular weight is 417 g/mol. The fraction of sp³-hybridized carbons (Fsp3) is 0.0870. The minimum atomic E-state index is -0.258. The Morgan fingerprint density at radius 3 is 2.33 bits per heavy atom. The van der Waals surface area contributed by atoms with Crippen molar-refractivity contribution in [3.63, 3.8) is 0 Å². The van der Waals surface area contributed by atoms with Crippen LogP contribution in [0.15, 0.2) is 93.6 Å². The summed E-state index contributed by atoms with van der Waals surface area (Å²) in [5.74, 6) is 1.24. The van der Waals surface area contributed by atoms with E-state index in [1.165, 1.54) is 4.57 Å². The Balaban J connectivity index is 1.87. The molecule has 0 atom stereocenters. The van der Waals surface area contributed by atoms with Crippen molar-refractivity contribution >= 4 is 23.1 Å². The lowest BCUT2D eigenvalue weighted by Crippen LogP contribution is -2.25. The summed E-state index contributed by atoms with van der Waals surface area (Å²) < 4.78 is 9.50. The Bertz CT molecular complexity index is 1280. The summed E-state index contributed by atoms with van der Waals surface area (Å²) in [5, 5.41) is 0.